The lowest BCUT2D eigenvalue weighted by Gasteiger charge is -2.15. The Kier molecular flexibility index (Phi) is 5.75. The molecule has 2 N–H and O–H groups in total. The Bertz CT molecular complexity index is 1130. The first-order chi connectivity index (χ1) is 14.2. The number of carbonyl (C=O) groups excluding carboxylic acids is 2. The minimum absolute atomic E-state index is 0.00793. The summed E-state index contributed by atoms with van der Waals surface area (Å²) in [6.45, 7) is 0. The number of hydrogen-bond acceptors (Lipinski definition) is 9. The molecule has 152 valence electrons. The third-order valence-corrected chi connectivity index (χ3v) is 5.16. The second-order valence-corrected chi connectivity index (χ2v) is 7.44. The van der Waals surface area contributed by atoms with Crippen molar-refractivity contribution in [2.45, 2.75) is 0 Å². The van der Waals surface area contributed by atoms with Crippen LogP contribution in [0.15, 0.2) is 47.4 Å². The molecule has 0 aliphatic carbocycles. The molecular formula is C17H10N4O7S2. The van der Waals surface area contributed by atoms with Crippen molar-refractivity contribution in [2.75, 3.05) is 0 Å². The minimum atomic E-state index is -0.722. The summed E-state index contributed by atoms with van der Waals surface area (Å²) in [7, 11) is 0. The van der Waals surface area contributed by atoms with Crippen molar-refractivity contribution in [3.05, 3.63) is 78.7 Å². The van der Waals surface area contributed by atoms with Gasteiger partial charge in [0.15, 0.2) is 4.32 Å². The molecular weight excluding hydrogens is 436 g/mol. The van der Waals surface area contributed by atoms with Gasteiger partial charge >= 0.3 is 0 Å². The van der Waals surface area contributed by atoms with Crippen molar-refractivity contribution in [2.24, 2.45) is 0 Å². The van der Waals surface area contributed by atoms with Crippen molar-refractivity contribution in [1.82, 2.24) is 10.4 Å². The fourth-order valence-corrected chi connectivity index (χ4v) is 3.55. The maximum Gasteiger partial charge on any atom is 0.285 e. The molecule has 1 fully saturated rings. The number of nitro groups is 2. The monoisotopic (exact) mass is 446 g/mol. The van der Waals surface area contributed by atoms with E-state index in [1.54, 1.807) is 0 Å². The maximum absolute atomic E-state index is 12.6. The average molecular weight is 446 g/mol. The van der Waals surface area contributed by atoms with Gasteiger partial charge in [0.2, 0.25) is 0 Å². The first-order valence-corrected chi connectivity index (χ1v) is 9.20. The lowest BCUT2D eigenvalue weighted by Crippen LogP contribution is -2.44. The van der Waals surface area contributed by atoms with Crippen molar-refractivity contribution < 1.29 is 24.5 Å². The molecule has 30 heavy (non-hydrogen) atoms. The first kappa shape index (κ1) is 20.9. The van der Waals surface area contributed by atoms with Gasteiger partial charge in [0.1, 0.15) is 5.75 Å². The van der Waals surface area contributed by atoms with E-state index in [0.717, 1.165) is 47.1 Å². The number of nitro benzene ring substituents is 2. The summed E-state index contributed by atoms with van der Waals surface area (Å²) in [5.41, 5.74) is 1.93. The number of nitrogens with zero attached hydrogens (tertiary/aromatic N) is 3. The lowest BCUT2D eigenvalue weighted by atomic mass is 10.1. The quantitative estimate of drug-likeness (QED) is 0.305. The van der Waals surface area contributed by atoms with Crippen LogP contribution in [0.3, 0.4) is 0 Å². The van der Waals surface area contributed by atoms with Crippen molar-refractivity contribution in [1.29, 1.82) is 0 Å². The summed E-state index contributed by atoms with van der Waals surface area (Å²) in [5.74, 6) is -1.70. The Hall–Kier alpha value is -3.84. The van der Waals surface area contributed by atoms with Gasteiger partial charge in [-0.05, 0) is 36.5 Å². The zero-order valence-electron chi connectivity index (χ0n) is 14.7. The fourth-order valence-electron chi connectivity index (χ4n) is 2.38. The predicted octanol–water partition coefficient (Wildman–Crippen LogP) is 2.75. The lowest BCUT2D eigenvalue weighted by molar-refractivity contribution is -0.385. The zero-order valence-corrected chi connectivity index (χ0v) is 16.3. The summed E-state index contributed by atoms with van der Waals surface area (Å²) in [6, 6.07) is 8.07. The second kappa shape index (κ2) is 8.26. The van der Waals surface area contributed by atoms with E-state index in [1.807, 2.05) is 0 Å². The third-order valence-electron chi connectivity index (χ3n) is 3.86. The van der Waals surface area contributed by atoms with Gasteiger partial charge in [-0.3, -0.25) is 35.2 Å². The normalized spacial score (nSPS) is 14.8. The maximum atomic E-state index is 12.6. The van der Waals surface area contributed by atoms with E-state index in [0.29, 0.717) is 0 Å². The van der Waals surface area contributed by atoms with E-state index >= 15 is 0 Å². The van der Waals surface area contributed by atoms with E-state index in [1.165, 1.54) is 18.2 Å². The van der Waals surface area contributed by atoms with Crippen LogP contribution >= 0.6 is 24.0 Å². The van der Waals surface area contributed by atoms with Crippen molar-refractivity contribution in [3.63, 3.8) is 0 Å². The molecule has 1 saturated heterocycles. The highest BCUT2D eigenvalue weighted by Crippen LogP contribution is 2.34. The molecule has 2 amide bonds. The third kappa shape index (κ3) is 4.26. The van der Waals surface area contributed by atoms with Crippen LogP contribution in [-0.4, -0.2) is 36.1 Å². The SMILES string of the molecule is O=C(NN1C(=O)/C(=C\c2cc([N+](=O)[O-])ccc2O)SC1=S)c1ccc([N+](=O)[O-])cc1. The Morgan fingerprint density at radius 3 is 2.30 bits per heavy atom. The van der Waals surface area contributed by atoms with E-state index in [4.69, 9.17) is 12.2 Å². The fraction of sp³-hybridized carbons (Fsp3) is 0. The number of carbonyl (C=O) groups is 2. The molecule has 1 aliphatic rings. The number of hydrogen-bond donors (Lipinski definition) is 2. The molecule has 0 spiro atoms. The highest BCUT2D eigenvalue weighted by Gasteiger charge is 2.34. The van der Waals surface area contributed by atoms with Crippen molar-refractivity contribution in [3.8, 4) is 5.75 Å². The van der Waals surface area contributed by atoms with Crippen molar-refractivity contribution >= 4 is 57.6 Å². The van der Waals surface area contributed by atoms with Crippen LogP contribution in [0, 0.1) is 20.2 Å². The summed E-state index contributed by atoms with van der Waals surface area (Å²) in [4.78, 5) is 45.3. The molecule has 3 rings (SSSR count). The van der Waals surface area contributed by atoms with Crippen LogP contribution in [0.2, 0.25) is 0 Å². The van der Waals surface area contributed by atoms with Crippen LogP contribution in [0.5, 0.6) is 5.75 Å². The molecule has 0 aromatic heterocycles. The van der Waals surface area contributed by atoms with Gasteiger partial charge in [0.05, 0.1) is 14.8 Å². The van der Waals surface area contributed by atoms with Gasteiger partial charge in [0.25, 0.3) is 23.2 Å². The van der Waals surface area contributed by atoms with Gasteiger partial charge < -0.3 is 5.11 Å². The molecule has 2 aromatic carbocycles. The predicted molar refractivity (Wildman–Crippen MR) is 110 cm³/mol. The Balaban J connectivity index is 1.80. The molecule has 2 aromatic rings. The number of nitrogens with one attached hydrogen (secondary N) is 1. The summed E-state index contributed by atoms with van der Waals surface area (Å²) in [5, 5.41) is 32.3. The molecule has 0 saturated carbocycles. The second-order valence-electron chi connectivity index (χ2n) is 5.76. The zero-order chi connectivity index (χ0) is 22.0. The molecule has 0 radical (unpaired) electrons. The standard InChI is InChI=1S/C17H10N4O7S2/c22-13-6-5-12(21(27)28)7-10(13)8-14-16(24)19(17(29)30-14)18-15(23)9-1-3-11(4-2-9)20(25)26/h1-8,22H,(H,18,23)/b14-8+. The van der Waals surface area contributed by atoms with Crippen LogP contribution < -0.4 is 5.43 Å². The largest absolute Gasteiger partial charge is 0.507 e. The number of hydrazine groups is 1. The number of phenolic OH excluding ortho intramolecular Hbond substituents is 1. The minimum Gasteiger partial charge on any atom is -0.507 e. The Morgan fingerprint density at radius 2 is 1.70 bits per heavy atom. The molecule has 13 heteroatoms. The highest BCUT2D eigenvalue weighted by molar-refractivity contribution is 8.26. The Morgan fingerprint density at radius 1 is 1.10 bits per heavy atom. The van der Waals surface area contributed by atoms with E-state index in [9.17, 15) is 34.9 Å². The van der Waals surface area contributed by atoms with Gasteiger partial charge in [-0.15, -0.1) is 0 Å². The number of benzene rings is 2. The number of thioether (sulfide) groups is 1. The van der Waals surface area contributed by atoms with Crippen LogP contribution in [0.4, 0.5) is 11.4 Å². The Labute approximate surface area is 177 Å². The molecule has 0 bridgehead atoms. The highest BCUT2D eigenvalue weighted by atomic mass is 32.2. The van der Waals surface area contributed by atoms with E-state index in [2.05, 4.69) is 5.43 Å². The molecule has 1 aliphatic heterocycles. The van der Waals surface area contributed by atoms with E-state index < -0.39 is 21.7 Å². The summed E-state index contributed by atoms with van der Waals surface area (Å²) in [6.07, 6.45) is 1.22. The van der Waals surface area contributed by atoms with Gasteiger partial charge in [0, 0.05) is 35.4 Å². The number of thiocarbonyl (C=S) groups is 1. The number of rotatable bonds is 5. The number of non-ortho nitro benzene ring substituents is 2. The molecule has 11 nitrogen and oxygen atoms in total. The topological polar surface area (TPSA) is 156 Å². The molecule has 0 atom stereocenters. The van der Waals surface area contributed by atoms with Crippen LogP contribution in [0.1, 0.15) is 15.9 Å². The number of amides is 2. The number of aromatic hydroxyl groups is 1. The van der Waals surface area contributed by atoms with Gasteiger partial charge in [-0.2, -0.15) is 5.01 Å². The van der Waals surface area contributed by atoms with Crippen LogP contribution in [0.25, 0.3) is 6.08 Å². The smallest absolute Gasteiger partial charge is 0.285 e. The average Bonchev–Trinajstić information content (AvgIpc) is 2.96. The van der Waals surface area contributed by atoms with E-state index in [-0.39, 0.29) is 37.5 Å². The summed E-state index contributed by atoms with van der Waals surface area (Å²) < 4.78 is -0.00793. The van der Waals surface area contributed by atoms with Crippen LogP contribution in [-0.2, 0) is 4.79 Å². The first-order valence-electron chi connectivity index (χ1n) is 7.98. The number of phenols is 1. The molecule has 0 unspecified atom stereocenters. The molecule has 1 heterocycles. The van der Waals surface area contributed by atoms with Gasteiger partial charge in [-0.1, -0.05) is 11.8 Å². The van der Waals surface area contributed by atoms with Gasteiger partial charge in [-0.25, -0.2) is 0 Å². The summed E-state index contributed by atoms with van der Waals surface area (Å²) >= 11 is 5.91.